The zero-order valence-corrected chi connectivity index (χ0v) is 13.9. The van der Waals surface area contributed by atoms with Gasteiger partial charge in [0.05, 0.1) is 11.4 Å². The molecule has 1 heterocycles. The highest BCUT2D eigenvalue weighted by Gasteiger charge is 2.14. The Labute approximate surface area is 139 Å². The zero-order valence-electron chi connectivity index (χ0n) is 13.9. The van der Waals surface area contributed by atoms with E-state index in [9.17, 15) is 9.59 Å². The Morgan fingerprint density at radius 3 is 1.83 bits per heavy atom. The number of hydrogen-bond acceptors (Lipinski definition) is 3. The largest absolute Gasteiger partial charge is 0.374 e. The number of aromatic nitrogens is 2. The Hall–Kier alpha value is -3.08. The van der Waals surface area contributed by atoms with Crippen LogP contribution in [0, 0.1) is 13.8 Å². The fourth-order valence-electron chi connectivity index (χ4n) is 2.75. The van der Waals surface area contributed by atoms with Crippen molar-refractivity contribution >= 4 is 5.82 Å². The molecule has 3 rings (SSSR count). The van der Waals surface area contributed by atoms with Gasteiger partial charge in [-0.15, -0.1) is 0 Å². The van der Waals surface area contributed by atoms with E-state index >= 15 is 0 Å². The summed E-state index contributed by atoms with van der Waals surface area (Å²) in [5, 5.41) is 2.93. The lowest BCUT2D eigenvalue weighted by Gasteiger charge is -2.15. The van der Waals surface area contributed by atoms with E-state index in [1.54, 1.807) is 13.1 Å². The van der Waals surface area contributed by atoms with Crippen LogP contribution in [0.25, 0.3) is 11.4 Å². The van der Waals surface area contributed by atoms with Crippen LogP contribution < -0.4 is 16.6 Å². The molecular weight excluding hydrogens is 302 g/mol. The molecule has 1 aromatic heterocycles. The maximum Gasteiger partial charge on any atom is 0.341 e. The first-order chi connectivity index (χ1) is 11.5. The summed E-state index contributed by atoms with van der Waals surface area (Å²) in [6.07, 6.45) is 0. The second kappa shape index (κ2) is 6.20. The Morgan fingerprint density at radius 1 is 0.792 bits per heavy atom. The molecule has 0 aliphatic heterocycles. The quantitative estimate of drug-likeness (QED) is 0.807. The van der Waals surface area contributed by atoms with Gasteiger partial charge < -0.3 is 5.32 Å². The van der Waals surface area contributed by atoms with E-state index in [0.29, 0.717) is 17.2 Å². The molecule has 0 radical (unpaired) electrons. The van der Waals surface area contributed by atoms with E-state index in [0.717, 1.165) is 11.1 Å². The van der Waals surface area contributed by atoms with Crippen LogP contribution in [-0.4, -0.2) is 16.2 Å². The monoisotopic (exact) mass is 321 g/mol. The molecule has 5 nitrogen and oxygen atoms in total. The normalized spacial score (nSPS) is 10.6. The molecule has 0 amide bonds. The first-order valence-corrected chi connectivity index (χ1v) is 7.72. The van der Waals surface area contributed by atoms with Crippen molar-refractivity contribution in [3.63, 3.8) is 0 Å². The molecule has 0 unspecified atom stereocenters. The highest BCUT2D eigenvalue weighted by Crippen LogP contribution is 2.14. The Morgan fingerprint density at radius 2 is 1.33 bits per heavy atom. The maximum absolute atomic E-state index is 13.1. The minimum atomic E-state index is -0.400. The summed E-state index contributed by atoms with van der Waals surface area (Å²) in [5.41, 5.74) is 2.54. The molecule has 0 saturated carbocycles. The van der Waals surface area contributed by atoms with E-state index in [4.69, 9.17) is 0 Å². The maximum atomic E-state index is 13.1. The van der Waals surface area contributed by atoms with Gasteiger partial charge in [-0.3, -0.25) is 4.79 Å². The predicted molar refractivity (Wildman–Crippen MR) is 96.7 cm³/mol. The predicted octanol–water partition coefficient (Wildman–Crippen LogP) is 2.65. The van der Waals surface area contributed by atoms with Crippen molar-refractivity contribution in [2.45, 2.75) is 13.8 Å². The number of aryl methyl sites for hydroxylation is 2. The molecule has 0 atom stereocenters. The SMILES string of the molecule is CNc1cc(=O)n(-c2cccc(C)c2)c(=O)n1-c1cccc(C)c1. The van der Waals surface area contributed by atoms with E-state index in [1.165, 1.54) is 15.2 Å². The highest BCUT2D eigenvalue weighted by molar-refractivity contribution is 5.47. The van der Waals surface area contributed by atoms with Gasteiger partial charge in [-0.25, -0.2) is 13.9 Å². The lowest BCUT2D eigenvalue weighted by atomic mass is 10.2. The first kappa shape index (κ1) is 15.8. The molecule has 0 spiro atoms. The van der Waals surface area contributed by atoms with Crippen LogP contribution in [0.4, 0.5) is 5.82 Å². The molecule has 1 N–H and O–H groups in total. The topological polar surface area (TPSA) is 56.0 Å². The first-order valence-electron chi connectivity index (χ1n) is 7.72. The van der Waals surface area contributed by atoms with Gasteiger partial charge in [-0.05, 0) is 49.2 Å². The summed E-state index contributed by atoms with van der Waals surface area (Å²) in [6.45, 7) is 3.89. The van der Waals surface area contributed by atoms with Crippen LogP contribution in [-0.2, 0) is 0 Å². The summed E-state index contributed by atoms with van der Waals surface area (Å²) in [5.74, 6) is 0.458. The standard InChI is InChI=1S/C19H19N3O2/c1-13-6-4-8-15(10-13)21-17(20-3)12-18(23)22(19(21)24)16-9-5-7-14(2)11-16/h4-12,20H,1-3H3. The molecule has 0 aliphatic carbocycles. The Bertz CT molecular complexity index is 1020. The van der Waals surface area contributed by atoms with Gasteiger partial charge in [-0.1, -0.05) is 24.3 Å². The molecule has 122 valence electrons. The van der Waals surface area contributed by atoms with Crippen molar-refractivity contribution in [1.82, 2.24) is 9.13 Å². The number of hydrogen-bond donors (Lipinski definition) is 1. The molecule has 0 saturated heterocycles. The molecule has 24 heavy (non-hydrogen) atoms. The fraction of sp³-hybridized carbons (Fsp3) is 0.158. The summed E-state index contributed by atoms with van der Waals surface area (Å²) >= 11 is 0. The van der Waals surface area contributed by atoms with Crippen LogP contribution in [0.15, 0.2) is 64.2 Å². The minimum absolute atomic E-state index is 0.362. The van der Waals surface area contributed by atoms with E-state index in [1.807, 2.05) is 56.3 Å². The van der Waals surface area contributed by atoms with Crippen LogP contribution in [0.3, 0.4) is 0 Å². The van der Waals surface area contributed by atoms with Crippen molar-refractivity contribution in [2.75, 3.05) is 12.4 Å². The summed E-state index contributed by atoms with van der Waals surface area (Å²) in [4.78, 5) is 25.6. The number of nitrogens with one attached hydrogen (secondary N) is 1. The molecular formula is C19H19N3O2. The van der Waals surface area contributed by atoms with Crippen molar-refractivity contribution in [1.29, 1.82) is 0 Å². The third kappa shape index (κ3) is 2.76. The van der Waals surface area contributed by atoms with Crippen molar-refractivity contribution in [3.8, 4) is 11.4 Å². The smallest absolute Gasteiger partial charge is 0.341 e. The van der Waals surface area contributed by atoms with E-state index in [2.05, 4.69) is 5.32 Å². The number of benzene rings is 2. The van der Waals surface area contributed by atoms with Crippen molar-refractivity contribution in [2.24, 2.45) is 0 Å². The molecule has 0 aliphatic rings. The number of rotatable bonds is 3. The molecule has 0 bridgehead atoms. The molecule has 0 fully saturated rings. The third-order valence-corrected chi connectivity index (χ3v) is 3.88. The van der Waals surface area contributed by atoms with Crippen LogP contribution in [0.5, 0.6) is 0 Å². The summed E-state index contributed by atoms with van der Waals surface area (Å²) in [6, 6.07) is 16.4. The van der Waals surface area contributed by atoms with Gasteiger partial charge >= 0.3 is 5.69 Å². The number of nitrogens with zero attached hydrogens (tertiary/aromatic N) is 2. The highest BCUT2D eigenvalue weighted by atomic mass is 16.2. The van der Waals surface area contributed by atoms with Gasteiger partial charge in [0.1, 0.15) is 5.82 Å². The van der Waals surface area contributed by atoms with Crippen LogP contribution in [0.1, 0.15) is 11.1 Å². The second-order valence-electron chi connectivity index (χ2n) is 5.75. The fourth-order valence-corrected chi connectivity index (χ4v) is 2.75. The molecule has 5 heteroatoms. The third-order valence-electron chi connectivity index (χ3n) is 3.88. The molecule has 3 aromatic rings. The van der Waals surface area contributed by atoms with E-state index in [-0.39, 0.29) is 5.56 Å². The average Bonchev–Trinajstić information content (AvgIpc) is 2.54. The van der Waals surface area contributed by atoms with Crippen LogP contribution in [0.2, 0.25) is 0 Å². The minimum Gasteiger partial charge on any atom is -0.374 e. The zero-order chi connectivity index (χ0) is 17.3. The lowest BCUT2D eigenvalue weighted by molar-refractivity contribution is 0.806. The average molecular weight is 321 g/mol. The summed E-state index contributed by atoms with van der Waals surface area (Å²) < 4.78 is 2.70. The van der Waals surface area contributed by atoms with Gasteiger partial charge in [0.15, 0.2) is 0 Å². The lowest BCUT2D eigenvalue weighted by Crippen LogP contribution is -2.38. The number of anilines is 1. The van der Waals surface area contributed by atoms with Crippen molar-refractivity contribution < 1.29 is 0 Å². The second-order valence-corrected chi connectivity index (χ2v) is 5.75. The Balaban J connectivity index is 2.36. The summed E-state index contributed by atoms with van der Waals surface area (Å²) in [7, 11) is 1.69. The van der Waals surface area contributed by atoms with Gasteiger partial charge in [-0.2, -0.15) is 0 Å². The molecule has 2 aromatic carbocycles. The van der Waals surface area contributed by atoms with Gasteiger partial charge in [0.25, 0.3) is 5.56 Å². The van der Waals surface area contributed by atoms with Gasteiger partial charge in [0, 0.05) is 13.1 Å². The van der Waals surface area contributed by atoms with Gasteiger partial charge in [0.2, 0.25) is 0 Å². The van der Waals surface area contributed by atoms with E-state index < -0.39 is 5.69 Å². The van der Waals surface area contributed by atoms with Crippen molar-refractivity contribution in [3.05, 3.63) is 86.6 Å². The Kier molecular flexibility index (Phi) is 4.08. The van der Waals surface area contributed by atoms with Crippen LogP contribution >= 0.6 is 0 Å².